The number of benzene rings is 1. The highest BCUT2D eigenvalue weighted by Crippen LogP contribution is 2.27. The first-order valence-corrected chi connectivity index (χ1v) is 9.27. The van der Waals surface area contributed by atoms with Gasteiger partial charge in [0.15, 0.2) is 5.78 Å². The van der Waals surface area contributed by atoms with Gasteiger partial charge in [0, 0.05) is 48.4 Å². The van der Waals surface area contributed by atoms with Gasteiger partial charge in [0.1, 0.15) is 0 Å². The third-order valence-electron chi connectivity index (χ3n) is 4.60. The molecule has 0 aliphatic rings. The molecule has 146 valence electrons. The molecule has 1 aromatic heterocycles. The Balaban J connectivity index is 2.56. The van der Waals surface area contributed by atoms with Crippen LogP contribution in [0.4, 0.5) is 5.69 Å². The summed E-state index contributed by atoms with van der Waals surface area (Å²) in [5.74, 6) is -0.348. The number of ether oxygens (including phenoxy) is 1. The number of primary amides is 1. The number of nitrogens with zero attached hydrogens (tertiary/aromatic N) is 1. The first kappa shape index (κ1) is 20.7. The Morgan fingerprint density at radius 1 is 1.30 bits per heavy atom. The zero-order valence-electron chi connectivity index (χ0n) is 16.8. The van der Waals surface area contributed by atoms with Crippen molar-refractivity contribution in [3.05, 3.63) is 46.8 Å². The van der Waals surface area contributed by atoms with E-state index in [-0.39, 0.29) is 11.8 Å². The number of Topliss-reactive ketones (excluding diaryl/α,β-unsaturated/α-hetero) is 1. The Morgan fingerprint density at radius 3 is 2.56 bits per heavy atom. The SMILES string of the molecule is CCC(=O)c1c(C)cn(-c2ccc(C(N)=O)c(NC(C)COC)c2)c1CC. The highest BCUT2D eigenvalue weighted by atomic mass is 16.5. The zero-order chi connectivity index (χ0) is 20.1. The van der Waals surface area contributed by atoms with E-state index in [1.165, 1.54) is 0 Å². The van der Waals surface area contributed by atoms with Crippen LogP contribution in [0.5, 0.6) is 0 Å². The minimum absolute atomic E-state index is 0.0117. The van der Waals surface area contributed by atoms with Crippen LogP contribution in [0.1, 0.15) is 59.2 Å². The number of rotatable bonds is 9. The lowest BCUT2D eigenvalue weighted by atomic mass is 10.0. The predicted octanol–water partition coefficient (Wildman–Crippen LogP) is 3.49. The largest absolute Gasteiger partial charge is 0.383 e. The van der Waals surface area contributed by atoms with Crippen LogP contribution in [-0.2, 0) is 11.2 Å². The second kappa shape index (κ2) is 8.86. The van der Waals surface area contributed by atoms with Crippen molar-refractivity contribution in [1.29, 1.82) is 0 Å². The monoisotopic (exact) mass is 371 g/mol. The number of amides is 1. The average Bonchev–Trinajstić information content (AvgIpc) is 2.97. The van der Waals surface area contributed by atoms with E-state index >= 15 is 0 Å². The van der Waals surface area contributed by atoms with Gasteiger partial charge in [0.05, 0.1) is 12.2 Å². The molecule has 0 saturated heterocycles. The van der Waals surface area contributed by atoms with E-state index < -0.39 is 5.91 Å². The molecule has 1 heterocycles. The van der Waals surface area contributed by atoms with Crippen molar-refractivity contribution in [3.8, 4) is 5.69 Å². The molecule has 0 spiro atoms. The molecule has 0 aliphatic carbocycles. The number of anilines is 1. The van der Waals surface area contributed by atoms with Crippen LogP contribution in [-0.4, -0.2) is 36.0 Å². The van der Waals surface area contributed by atoms with Crippen molar-refractivity contribution in [2.24, 2.45) is 5.73 Å². The third-order valence-corrected chi connectivity index (χ3v) is 4.60. The van der Waals surface area contributed by atoms with Gasteiger partial charge in [-0.15, -0.1) is 0 Å². The quantitative estimate of drug-likeness (QED) is 0.661. The van der Waals surface area contributed by atoms with E-state index in [1.807, 2.05) is 50.6 Å². The molecular formula is C21H29N3O3. The van der Waals surface area contributed by atoms with Crippen LogP contribution in [0, 0.1) is 6.92 Å². The van der Waals surface area contributed by atoms with Crippen LogP contribution in [0.3, 0.4) is 0 Å². The molecular weight excluding hydrogens is 342 g/mol. The van der Waals surface area contributed by atoms with Crippen molar-refractivity contribution in [1.82, 2.24) is 4.57 Å². The number of methoxy groups -OCH3 is 1. The van der Waals surface area contributed by atoms with E-state index in [1.54, 1.807) is 13.2 Å². The van der Waals surface area contributed by atoms with Gasteiger partial charge < -0.3 is 20.4 Å². The highest BCUT2D eigenvalue weighted by molar-refractivity contribution is 6.00. The standard InChI is InChI=1S/C21H29N3O3/c1-6-18-20(19(25)7-2)13(3)11-24(18)15-8-9-16(21(22)26)17(10-15)23-14(4)12-27-5/h8-11,14,23H,6-7,12H2,1-5H3,(H2,22,26). The Kier molecular flexibility index (Phi) is 6.80. The topological polar surface area (TPSA) is 86.4 Å². The van der Waals surface area contributed by atoms with Crippen molar-refractivity contribution in [3.63, 3.8) is 0 Å². The molecule has 1 amide bonds. The van der Waals surface area contributed by atoms with Gasteiger partial charge in [0.25, 0.3) is 5.91 Å². The maximum atomic E-state index is 12.4. The normalized spacial score (nSPS) is 12.0. The number of nitrogens with two attached hydrogens (primary N) is 1. The molecule has 2 aromatic rings. The molecule has 3 N–H and O–H groups in total. The molecule has 0 bridgehead atoms. The van der Waals surface area contributed by atoms with Gasteiger partial charge in [-0.2, -0.15) is 0 Å². The van der Waals surface area contributed by atoms with Crippen LogP contribution < -0.4 is 11.1 Å². The zero-order valence-corrected chi connectivity index (χ0v) is 16.8. The summed E-state index contributed by atoms with van der Waals surface area (Å²) >= 11 is 0. The fraction of sp³-hybridized carbons (Fsp3) is 0.429. The fourth-order valence-corrected chi connectivity index (χ4v) is 3.39. The smallest absolute Gasteiger partial charge is 0.250 e. The summed E-state index contributed by atoms with van der Waals surface area (Å²) in [5, 5.41) is 3.29. The van der Waals surface area contributed by atoms with E-state index in [9.17, 15) is 9.59 Å². The molecule has 1 unspecified atom stereocenters. The van der Waals surface area contributed by atoms with Gasteiger partial charge in [0.2, 0.25) is 0 Å². The van der Waals surface area contributed by atoms with Crippen LogP contribution >= 0.6 is 0 Å². The molecule has 1 aromatic carbocycles. The van der Waals surface area contributed by atoms with Gasteiger partial charge in [-0.05, 0) is 44.0 Å². The van der Waals surface area contributed by atoms with Gasteiger partial charge in [-0.25, -0.2) is 0 Å². The summed E-state index contributed by atoms with van der Waals surface area (Å²) < 4.78 is 7.19. The van der Waals surface area contributed by atoms with Crippen molar-refractivity contribution >= 4 is 17.4 Å². The Hall–Kier alpha value is -2.60. The van der Waals surface area contributed by atoms with Crippen molar-refractivity contribution in [2.45, 2.75) is 46.6 Å². The first-order valence-electron chi connectivity index (χ1n) is 9.27. The van der Waals surface area contributed by atoms with Crippen LogP contribution in [0.25, 0.3) is 5.69 Å². The molecule has 0 aliphatic heterocycles. The summed E-state index contributed by atoms with van der Waals surface area (Å²) in [6.45, 7) is 8.33. The molecule has 1 atom stereocenters. The highest BCUT2D eigenvalue weighted by Gasteiger charge is 2.19. The third kappa shape index (κ3) is 4.39. The lowest BCUT2D eigenvalue weighted by Gasteiger charge is -2.18. The second-order valence-electron chi connectivity index (χ2n) is 6.73. The number of hydrogen-bond donors (Lipinski definition) is 2. The summed E-state index contributed by atoms with van der Waals surface area (Å²) in [7, 11) is 1.63. The number of aryl methyl sites for hydroxylation is 1. The average molecular weight is 371 g/mol. The van der Waals surface area contributed by atoms with Crippen LogP contribution in [0.2, 0.25) is 0 Å². The summed E-state index contributed by atoms with van der Waals surface area (Å²) in [6, 6.07) is 5.48. The number of hydrogen-bond acceptors (Lipinski definition) is 4. The molecule has 2 rings (SSSR count). The van der Waals surface area contributed by atoms with E-state index in [4.69, 9.17) is 10.5 Å². The second-order valence-corrected chi connectivity index (χ2v) is 6.73. The maximum Gasteiger partial charge on any atom is 0.250 e. The molecule has 0 radical (unpaired) electrons. The fourth-order valence-electron chi connectivity index (χ4n) is 3.39. The number of carbonyl (C=O) groups is 2. The van der Waals surface area contributed by atoms with Crippen LogP contribution in [0.15, 0.2) is 24.4 Å². The predicted molar refractivity (Wildman–Crippen MR) is 108 cm³/mol. The number of carbonyl (C=O) groups excluding carboxylic acids is 2. The lowest BCUT2D eigenvalue weighted by Crippen LogP contribution is -2.23. The first-order chi connectivity index (χ1) is 12.8. The lowest BCUT2D eigenvalue weighted by molar-refractivity contribution is 0.0983. The van der Waals surface area contributed by atoms with Gasteiger partial charge in [-0.1, -0.05) is 13.8 Å². The van der Waals surface area contributed by atoms with Crippen molar-refractivity contribution in [2.75, 3.05) is 19.0 Å². The molecule has 6 heteroatoms. The molecule has 6 nitrogen and oxygen atoms in total. The minimum Gasteiger partial charge on any atom is -0.383 e. The summed E-state index contributed by atoms with van der Waals surface area (Å²) in [6.07, 6.45) is 3.18. The van der Waals surface area contributed by atoms with E-state index in [2.05, 4.69) is 5.32 Å². The van der Waals surface area contributed by atoms with Crippen molar-refractivity contribution < 1.29 is 14.3 Å². The van der Waals surface area contributed by atoms with Gasteiger partial charge >= 0.3 is 0 Å². The Morgan fingerprint density at radius 2 is 2.00 bits per heavy atom. The maximum absolute atomic E-state index is 12.4. The molecule has 27 heavy (non-hydrogen) atoms. The number of nitrogens with one attached hydrogen (secondary N) is 1. The molecule has 0 saturated carbocycles. The number of ketones is 1. The Labute approximate surface area is 160 Å². The van der Waals surface area contributed by atoms with Gasteiger partial charge in [-0.3, -0.25) is 9.59 Å². The molecule has 0 fully saturated rings. The Bertz CT molecular complexity index is 839. The summed E-state index contributed by atoms with van der Waals surface area (Å²) in [5.41, 5.74) is 10.2. The van der Waals surface area contributed by atoms with E-state index in [0.717, 1.165) is 28.9 Å². The van der Waals surface area contributed by atoms with E-state index in [0.29, 0.717) is 24.3 Å². The summed E-state index contributed by atoms with van der Waals surface area (Å²) in [4.78, 5) is 24.2. The number of aromatic nitrogens is 1. The minimum atomic E-state index is -0.491.